The molecule has 1 saturated carbocycles. The Morgan fingerprint density at radius 2 is 1.67 bits per heavy atom. The normalized spacial score (nSPS) is 20.2. The minimum Gasteiger partial charge on any atom is -0.497 e. The zero-order chi connectivity index (χ0) is 13.2. The Labute approximate surface area is 111 Å². The highest BCUT2D eigenvalue weighted by atomic mass is 16.5. The third-order valence-electron chi connectivity index (χ3n) is 5.02. The van der Waals surface area contributed by atoms with Crippen molar-refractivity contribution in [3.8, 4) is 5.75 Å². The number of benzene rings is 1. The molecule has 1 aromatic rings. The van der Waals surface area contributed by atoms with Crippen molar-refractivity contribution in [3.63, 3.8) is 0 Å². The van der Waals surface area contributed by atoms with E-state index in [-0.39, 0.29) is 5.41 Å². The Bertz CT molecular complexity index is 384. The largest absolute Gasteiger partial charge is 0.497 e. The molecule has 0 unspecified atom stereocenters. The van der Waals surface area contributed by atoms with Crippen LogP contribution in [0.5, 0.6) is 5.75 Å². The van der Waals surface area contributed by atoms with Crippen molar-refractivity contribution < 1.29 is 4.74 Å². The maximum atomic E-state index is 6.07. The van der Waals surface area contributed by atoms with Gasteiger partial charge in [0.15, 0.2) is 0 Å². The van der Waals surface area contributed by atoms with Crippen LogP contribution in [0.2, 0.25) is 0 Å². The highest BCUT2D eigenvalue weighted by Gasteiger charge is 2.52. The van der Waals surface area contributed by atoms with E-state index in [0.29, 0.717) is 5.41 Å². The molecule has 1 aliphatic rings. The second-order valence-electron chi connectivity index (χ2n) is 5.77. The lowest BCUT2D eigenvalue weighted by atomic mass is 9.48. The maximum Gasteiger partial charge on any atom is 0.118 e. The molecule has 1 aromatic carbocycles. The second-order valence-corrected chi connectivity index (χ2v) is 5.77. The van der Waals surface area contributed by atoms with Gasteiger partial charge in [-0.25, -0.2) is 0 Å². The van der Waals surface area contributed by atoms with E-state index in [1.165, 1.54) is 31.2 Å². The lowest BCUT2D eigenvalue weighted by Gasteiger charge is -2.56. The molecule has 100 valence electrons. The standard InChI is InChI=1S/C16H25NO/c1-4-15(5-2)10-16(11-15,12-17)13-6-8-14(18-3)9-7-13/h6-9H,4-5,10-12,17H2,1-3H3. The van der Waals surface area contributed by atoms with Gasteiger partial charge in [0.2, 0.25) is 0 Å². The Balaban J connectivity index is 2.19. The summed E-state index contributed by atoms with van der Waals surface area (Å²) < 4.78 is 5.22. The van der Waals surface area contributed by atoms with Crippen molar-refractivity contribution in [2.24, 2.45) is 11.1 Å². The van der Waals surface area contributed by atoms with Crippen LogP contribution in [0.15, 0.2) is 24.3 Å². The molecule has 2 N–H and O–H groups in total. The van der Waals surface area contributed by atoms with Gasteiger partial charge in [0, 0.05) is 12.0 Å². The van der Waals surface area contributed by atoms with E-state index in [1.807, 2.05) is 12.1 Å². The summed E-state index contributed by atoms with van der Waals surface area (Å²) in [5, 5.41) is 0. The number of ether oxygens (including phenoxy) is 1. The molecule has 1 fully saturated rings. The van der Waals surface area contributed by atoms with Gasteiger partial charge in [0.05, 0.1) is 7.11 Å². The van der Waals surface area contributed by atoms with Gasteiger partial charge in [-0.3, -0.25) is 0 Å². The van der Waals surface area contributed by atoms with Gasteiger partial charge in [-0.15, -0.1) is 0 Å². The van der Waals surface area contributed by atoms with Crippen LogP contribution in [0, 0.1) is 5.41 Å². The molecular formula is C16H25NO. The van der Waals surface area contributed by atoms with Crippen molar-refractivity contribution in [3.05, 3.63) is 29.8 Å². The summed E-state index contributed by atoms with van der Waals surface area (Å²) in [4.78, 5) is 0. The number of hydrogen-bond donors (Lipinski definition) is 1. The van der Waals surface area contributed by atoms with Crippen molar-refractivity contribution in [2.45, 2.75) is 44.9 Å². The monoisotopic (exact) mass is 247 g/mol. The van der Waals surface area contributed by atoms with Crippen LogP contribution in [0.25, 0.3) is 0 Å². The Morgan fingerprint density at radius 1 is 1.11 bits per heavy atom. The Morgan fingerprint density at radius 3 is 2.06 bits per heavy atom. The lowest BCUT2D eigenvalue weighted by Crippen LogP contribution is -2.53. The zero-order valence-corrected chi connectivity index (χ0v) is 11.8. The average molecular weight is 247 g/mol. The molecule has 0 aliphatic heterocycles. The third kappa shape index (κ3) is 2.03. The maximum absolute atomic E-state index is 6.07. The van der Waals surface area contributed by atoms with Gasteiger partial charge < -0.3 is 10.5 Å². The summed E-state index contributed by atoms with van der Waals surface area (Å²) in [6.45, 7) is 5.36. The first-order chi connectivity index (χ1) is 8.63. The van der Waals surface area contributed by atoms with E-state index in [2.05, 4.69) is 26.0 Å². The first-order valence-electron chi connectivity index (χ1n) is 6.98. The van der Waals surface area contributed by atoms with Gasteiger partial charge >= 0.3 is 0 Å². The molecule has 1 aliphatic carbocycles. The van der Waals surface area contributed by atoms with E-state index in [4.69, 9.17) is 10.5 Å². The Kier molecular flexibility index (Phi) is 3.67. The molecule has 0 heterocycles. The summed E-state index contributed by atoms with van der Waals surface area (Å²) in [5.74, 6) is 0.919. The fourth-order valence-electron chi connectivity index (χ4n) is 3.54. The quantitative estimate of drug-likeness (QED) is 0.864. The summed E-state index contributed by atoms with van der Waals surface area (Å²) in [6.07, 6.45) is 4.99. The number of nitrogens with two attached hydrogens (primary N) is 1. The smallest absolute Gasteiger partial charge is 0.118 e. The van der Waals surface area contributed by atoms with Crippen LogP contribution in [-0.2, 0) is 5.41 Å². The minimum absolute atomic E-state index is 0.207. The Hall–Kier alpha value is -1.02. The molecule has 2 nitrogen and oxygen atoms in total. The van der Waals surface area contributed by atoms with Crippen LogP contribution in [-0.4, -0.2) is 13.7 Å². The summed E-state index contributed by atoms with van der Waals surface area (Å²) in [7, 11) is 1.70. The van der Waals surface area contributed by atoms with Gasteiger partial charge in [0.1, 0.15) is 5.75 Å². The second kappa shape index (κ2) is 4.93. The predicted molar refractivity (Wildman–Crippen MR) is 76.0 cm³/mol. The average Bonchev–Trinajstić information content (AvgIpc) is 2.40. The van der Waals surface area contributed by atoms with Crippen LogP contribution in [0.3, 0.4) is 0 Å². The molecule has 2 rings (SSSR count). The fourth-order valence-corrected chi connectivity index (χ4v) is 3.54. The van der Waals surface area contributed by atoms with Gasteiger partial charge in [0.25, 0.3) is 0 Å². The van der Waals surface area contributed by atoms with Gasteiger partial charge in [-0.05, 0) is 36.0 Å². The molecule has 0 amide bonds. The SMILES string of the molecule is CCC1(CC)CC(CN)(c2ccc(OC)cc2)C1. The van der Waals surface area contributed by atoms with E-state index < -0.39 is 0 Å². The fraction of sp³-hybridized carbons (Fsp3) is 0.625. The highest BCUT2D eigenvalue weighted by Crippen LogP contribution is 2.58. The van der Waals surface area contributed by atoms with Crippen molar-refractivity contribution in [1.82, 2.24) is 0 Å². The summed E-state index contributed by atoms with van der Waals surface area (Å²) >= 11 is 0. The molecular weight excluding hydrogens is 222 g/mol. The topological polar surface area (TPSA) is 35.2 Å². The molecule has 0 bridgehead atoms. The van der Waals surface area contributed by atoms with Gasteiger partial charge in [-0.1, -0.05) is 38.8 Å². The third-order valence-corrected chi connectivity index (χ3v) is 5.02. The molecule has 0 atom stereocenters. The minimum atomic E-state index is 0.207. The summed E-state index contributed by atoms with van der Waals surface area (Å²) in [6, 6.07) is 8.46. The van der Waals surface area contributed by atoms with Crippen LogP contribution >= 0.6 is 0 Å². The van der Waals surface area contributed by atoms with Gasteiger partial charge in [-0.2, -0.15) is 0 Å². The zero-order valence-electron chi connectivity index (χ0n) is 11.8. The summed E-state index contributed by atoms with van der Waals surface area (Å²) in [5.41, 5.74) is 8.18. The number of methoxy groups -OCH3 is 1. The predicted octanol–water partition coefficient (Wildman–Crippen LogP) is 3.49. The van der Waals surface area contributed by atoms with Crippen LogP contribution < -0.4 is 10.5 Å². The van der Waals surface area contributed by atoms with Crippen LogP contribution in [0.4, 0.5) is 0 Å². The first-order valence-corrected chi connectivity index (χ1v) is 6.98. The molecule has 0 aromatic heterocycles. The number of rotatable bonds is 5. The highest BCUT2D eigenvalue weighted by molar-refractivity contribution is 5.36. The molecule has 2 heteroatoms. The molecule has 0 spiro atoms. The van der Waals surface area contributed by atoms with Crippen molar-refractivity contribution in [2.75, 3.05) is 13.7 Å². The van der Waals surface area contributed by atoms with Crippen LogP contribution in [0.1, 0.15) is 45.1 Å². The molecule has 18 heavy (non-hydrogen) atoms. The van der Waals surface area contributed by atoms with E-state index in [9.17, 15) is 0 Å². The lowest BCUT2D eigenvalue weighted by molar-refractivity contribution is 0.0183. The molecule has 0 radical (unpaired) electrons. The number of hydrogen-bond acceptors (Lipinski definition) is 2. The molecule has 0 saturated heterocycles. The van der Waals surface area contributed by atoms with Crippen molar-refractivity contribution >= 4 is 0 Å². The van der Waals surface area contributed by atoms with E-state index >= 15 is 0 Å². The van der Waals surface area contributed by atoms with E-state index in [1.54, 1.807) is 7.11 Å². The van der Waals surface area contributed by atoms with Crippen molar-refractivity contribution in [1.29, 1.82) is 0 Å². The van der Waals surface area contributed by atoms with E-state index in [0.717, 1.165) is 12.3 Å². The first kappa shape index (κ1) is 13.4.